The topological polar surface area (TPSA) is 58.4 Å². The van der Waals surface area contributed by atoms with Gasteiger partial charge in [-0.15, -0.1) is 0 Å². The van der Waals surface area contributed by atoms with Gasteiger partial charge < -0.3 is 16.0 Å². The van der Waals surface area contributed by atoms with Crippen molar-refractivity contribution in [3.05, 3.63) is 28.8 Å². The van der Waals surface area contributed by atoms with E-state index in [9.17, 15) is 4.79 Å². The maximum Gasteiger partial charge on any atom is 0.239 e. The second-order valence-electron chi connectivity index (χ2n) is 4.08. The average Bonchev–Trinajstić information content (AvgIpc) is 2.38. The second kappa shape index (κ2) is 7.24. The predicted molar refractivity (Wildman–Crippen MR) is 75.9 cm³/mol. The lowest BCUT2D eigenvalue weighted by Crippen LogP contribution is -2.36. The van der Waals surface area contributed by atoms with Crippen LogP contribution < -0.4 is 16.0 Å². The predicted octanol–water partition coefficient (Wildman–Crippen LogP) is 1.76. The highest BCUT2D eigenvalue weighted by molar-refractivity contribution is 6.33. The highest BCUT2D eigenvalue weighted by atomic mass is 35.5. The van der Waals surface area contributed by atoms with Crippen LogP contribution in [-0.2, 0) is 11.3 Å². The molecule has 0 aromatic heterocycles. The quantitative estimate of drug-likeness (QED) is 0.827. The molecule has 5 heteroatoms. The Kier molecular flexibility index (Phi) is 5.95. The summed E-state index contributed by atoms with van der Waals surface area (Å²) in [5, 5.41) is 3.26. The van der Waals surface area contributed by atoms with Crippen LogP contribution in [0.5, 0.6) is 0 Å². The molecule has 3 N–H and O–H groups in total. The van der Waals surface area contributed by atoms with Crippen LogP contribution >= 0.6 is 11.6 Å². The molecule has 0 bridgehead atoms. The Morgan fingerprint density at radius 3 is 2.72 bits per heavy atom. The Labute approximate surface area is 113 Å². The van der Waals surface area contributed by atoms with Gasteiger partial charge >= 0.3 is 0 Å². The average molecular weight is 270 g/mol. The normalized spacial score (nSPS) is 10.2. The molecule has 0 saturated carbocycles. The zero-order valence-electron chi connectivity index (χ0n) is 10.9. The molecule has 100 valence electrons. The van der Waals surface area contributed by atoms with Crippen molar-refractivity contribution in [2.75, 3.05) is 25.0 Å². The minimum atomic E-state index is -0.0255. The molecule has 0 fully saturated rings. The molecule has 1 rings (SSSR count). The van der Waals surface area contributed by atoms with Crippen LogP contribution in [0.1, 0.15) is 18.9 Å². The van der Waals surface area contributed by atoms with Gasteiger partial charge in [0.25, 0.3) is 0 Å². The molecule has 4 nitrogen and oxygen atoms in total. The van der Waals surface area contributed by atoms with Gasteiger partial charge in [-0.25, -0.2) is 0 Å². The minimum Gasteiger partial charge on any atom is -0.361 e. The van der Waals surface area contributed by atoms with Crippen LogP contribution in [0.15, 0.2) is 18.2 Å². The lowest BCUT2D eigenvalue weighted by Gasteiger charge is -2.24. The first-order valence-electron chi connectivity index (χ1n) is 6.06. The zero-order valence-corrected chi connectivity index (χ0v) is 11.6. The summed E-state index contributed by atoms with van der Waals surface area (Å²) in [6.07, 6.45) is 0.950. The molecule has 1 aromatic carbocycles. The molecule has 0 heterocycles. The Hall–Kier alpha value is -1.26. The Bertz CT molecular complexity index is 409. The summed E-state index contributed by atoms with van der Waals surface area (Å²) < 4.78 is 0. The van der Waals surface area contributed by atoms with Crippen molar-refractivity contribution in [3.63, 3.8) is 0 Å². The van der Waals surface area contributed by atoms with E-state index in [1.165, 1.54) is 0 Å². The molecule has 0 radical (unpaired) electrons. The third-order valence-electron chi connectivity index (χ3n) is 2.70. The van der Waals surface area contributed by atoms with Gasteiger partial charge in [-0.05, 0) is 24.1 Å². The van der Waals surface area contributed by atoms with Crippen LogP contribution in [0.4, 0.5) is 5.69 Å². The molecule has 0 aliphatic heterocycles. The van der Waals surface area contributed by atoms with Gasteiger partial charge in [-0.2, -0.15) is 0 Å². The molecule has 0 atom stereocenters. The lowest BCUT2D eigenvalue weighted by atomic mass is 10.2. The maximum atomic E-state index is 11.5. The van der Waals surface area contributed by atoms with E-state index in [1.807, 2.05) is 23.1 Å². The van der Waals surface area contributed by atoms with E-state index in [2.05, 4.69) is 12.2 Å². The first-order chi connectivity index (χ1) is 8.62. The number of nitrogens with one attached hydrogen (secondary N) is 1. The summed E-state index contributed by atoms with van der Waals surface area (Å²) in [6.45, 7) is 3.63. The molecular weight excluding hydrogens is 250 g/mol. The minimum absolute atomic E-state index is 0.0255. The maximum absolute atomic E-state index is 11.5. The number of carbonyl (C=O) groups excluding carboxylic acids is 1. The number of nitrogens with zero attached hydrogens (tertiary/aromatic N) is 1. The smallest absolute Gasteiger partial charge is 0.239 e. The van der Waals surface area contributed by atoms with E-state index in [4.69, 9.17) is 17.3 Å². The summed E-state index contributed by atoms with van der Waals surface area (Å²) in [5.41, 5.74) is 7.43. The monoisotopic (exact) mass is 269 g/mol. The van der Waals surface area contributed by atoms with E-state index in [0.29, 0.717) is 18.1 Å². The third kappa shape index (κ3) is 3.89. The van der Waals surface area contributed by atoms with Crippen LogP contribution in [0.3, 0.4) is 0 Å². The van der Waals surface area contributed by atoms with Crippen LogP contribution in [0.25, 0.3) is 0 Å². The van der Waals surface area contributed by atoms with Gasteiger partial charge in [0, 0.05) is 20.1 Å². The number of carbonyl (C=O) groups is 1. The van der Waals surface area contributed by atoms with Gasteiger partial charge in [-0.1, -0.05) is 24.6 Å². The summed E-state index contributed by atoms with van der Waals surface area (Å²) in [7, 11) is 1.63. The fraction of sp³-hybridized carbons (Fsp3) is 0.462. The number of amides is 1. The van der Waals surface area contributed by atoms with Gasteiger partial charge in [0.05, 0.1) is 17.3 Å². The first-order valence-corrected chi connectivity index (χ1v) is 6.44. The number of halogens is 1. The zero-order chi connectivity index (χ0) is 13.5. The summed E-state index contributed by atoms with van der Waals surface area (Å²) in [4.78, 5) is 13.5. The van der Waals surface area contributed by atoms with Crippen molar-refractivity contribution in [1.82, 2.24) is 5.32 Å². The molecule has 18 heavy (non-hydrogen) atoms. The van der Waals surface area contributed by atoms with Crippen LogP contribution in [-0.4, -0.2) is 26.0 Å². The number of hydrogen-bond acceptors (Lipinski definition) is 3. The van der Waals surface area contributed by atoms with E-state index in [-0.39, 0.29) is 5.91 Å². The largest absolute Gasteiger partial charge is 0.361 e. The molecule has 1 amide bonds. The molecule has 0 aliphatic carbocycles. The van der Waals surface area contributed by atoms with Crippen molar-refractivity contribution in [3.8, 4) is 0 Å². The van der Waals surface area contributed by atoms with E-state index < -0.39 is 0 Å². The van der Waals surface area contributed by atoms with Crippen molar-refractivity contribution >= 4 is 23.2 Å². The van der Waals surface area contributed by atoms with E-state index >= 15 is 0 Å². The molecule has 0 spiro atoms. The fourth-order valence-corrected chi connectivity index (χ4v) is 2.06. The molecule has 0 aliphatic rings. The first kappa shape index (κ1) is 14.8. The van der Waals surface area contributed by atoms with Gasteiger partial charge in [-0.3, -0.25) is 4.79 Å². The fourth-order valence-electron chi connectivity index (χ4n) is 1.74. The Morgan fingerprint density at radius 1 is 1.50 bits per heavy atom. The van der Waals surface area contributed by atoms with Gasteiger partial charge in [0.1, 0.15) is 0 Å². The summed E-state index contributed by atoms with van der Waals surface area (Å²) in [5.74, 6) is -0.0255. The van der Waals surface area contributed by atoms with E-state index in [1.54, 1.807) is 7.05 Å². The van der Waals surface area contributed by atoms with Crippen molar-refractivity contribution in [2.45, 2.75) is 19.9 Å². The number of benzene rings is 1. The molecule has 0 unspecified atom stereocenters. The van der Waals surface area contributed by atoms with Crippen molar-refractivity contribution in [2.24, 2.45) is 5.73 Å². The molecule has 1 aromatic rings. The van der Waals surface area contributed by atoms with Gasteiger partial charge in [0.15, 0.2) is 0 Å². The summed E-state index contributed by atoms with van der Waals surface area (Å²) >= 11 is 6.24. The third-order valence-corrected chi connectivity index (χ3v) is 3.00. The second-order valence-corrected chi connectivity index (χ2v) is 4.49. The summed E-state index contributed by atoms with van der Waals surface area (Å²) in [6, 6.07) is 5.71. The number of likely N-dealkylation sites (N-methyl/N-ethyl adjacent to an activating group) is 1. The number of nitrogens with two attached hydrogens (primary N) is 1. The van der Waals surface area contributed by atoms with Crippen LogP contribution in [0, 0.1) is 0 Å². The van der Waals surface area contributed by atoms with Crippen LogP contribution in [0.2, 0.25) is 5.02 Å². The standard InChI is InChI=1S/C13H20ClN3O/c1-3-6-17(9-13(18)16-2)12-5-4-10(8-15)7-11(12)14/h4-5,7H,3,6,8-9,15H2,1-2H3,(H,16,18). The molecular formula is C13H20ClN3O. The Balaban J connectivity index is 2.94. The number of anilines is 1. The highest BCUT2D eigenvalue weighted by Gasteiger charge is 2.13. The van der Waals surface area contributed by atoms with Crippen molar-refractivity contribution < 1.29 is 4.79 Å². The SMILES string of the molecule is CCCN(CC(=O)NC)c1ccc(CN)cc1Cl. The number of rotatable bonds is 6. The molecule has 0 saturated heterocycles. The van der Waals surface area contributed by atoms with Crippen molar-refractivity contribution in [1.29, 1.82) is 0 Å². The van der Waals surface area contributed by atoms with E-state index in [0.717, 1.165) is 24.2 Å². The number of hydrogen-bond donors (Lipinski definition) is 2. The highest BCUT2D eigenvalue weighted by Crippen LogP contribution is 2.27. The van der Waals surface area contributed by atoms with Gasteiger partial charge in [0.2, 0.25) is 5.91 Å². The lowest BCUT2D eigenvalue weighted by molar-refractivity contribution is -0.119. The Morgan fingerprint density at radius 2 is 2.22 bits per heavy atom.